The highest BCUT2D eigenvalue weighted by Gasteiger charge is 2.23. The van der Waals surface area contributed by atoms with Crippen molar-refractivity contribution in [2.45, 2.75) is 6.92 Å². The van der Waals surface area contributed by atoms with E-state index in [9.17, 15) is 0 Å². The molecule has 0 aliphatic rings. The maximum absolute atomic E-state index is 15.2. The zero-order valence-corrected chi connectivity index (χ0v) is 18.9. The fourth-order valence-electron chi connectivity index (χ4n) is 4.66. The smallest absolute Gasteiger partial charge is 0.228 e. The predicted molar refractivity (Wildman–Crippen MR) is 134 cm³/mol. The Labute approximate surface area is 196 Å². The summed E-state index contributed by atoms with van der Waals surface area (Å²) >= 11 is 0. The summed E-state index contributed by atoms with van der Waals surface area (Å²) in [6.07, 6.45) is 1.97. The number of furan rings is 1. The minimum atomic E-state index is -0.297. The molecule has 0 spiro atoms. The number of hydrogen-bond acceptors (Lipinski definition) is 2. The van der Waals surface area contributed by atoms with E-state index in [1.165, 1.54) is 0 Å². The maximum atomic E-state index is 15.2. The summed E-state index contributed by atoms with van der Waals surface area (Å²) in [5.41, 5.74) is 7.64. The van der Waals surface area contributed by atoms with Crippen molar-refractivity contribution < 1.29 is 13.4 Å². The van der Waals surface area contributed by atoms with Crippen molar-refractivity contribution in [1.29, 1.82) is 0 Å². The summed E-state index contributed by atoms with van der Waals surface area (Å²) in [6.45, 7) is 1.91. The number of hydrogen-bond donors (Lipinski definition) is 0. The third-order valence-electron chi connectivity index (χ3n) is 6.34. The summed E-state index contributed by atoms with van der Waals surface area (Å²) < 4.78 is 23.5. The molecule has 0 aliphatic carbocycles. The van der Waals surface area contributed by atoms with E-state index >= 15 is 4.39 Å². The molecule has 0 radical (unpaired) electrons. The Morgan fingerprint density at radius 3 is 2.38 bits per heavy atom. The zero-order valence-electron chi connectivity index (χ0n) is 18.9. The van der Waals surface area contributed by atoms with Gasteiger partial charge in [-0.1, -0.05) is 48.5 Å². The Kier molecular flexibility index (Phi) is 4.73. The molecule has 0 bridgehead atoms. The van der Waals surface area contributed by atoms with Crippen LogP contribution in [0.2, 0.25) is 0 Å². The highest BCUT2D eigenvalue weighted by Crippen LogP contribution is 2.39. The van der Waals surface area contributed by atoms with Crippen LogP contribution in [0.15, 0.2) is 102 Å². The van der Waals surface area contributed by atoms with Crippen molar-refractivity contribution in [2.24, 2.45) is 7.05 Å². The molecule has 3 aromatic carbocycles. The van der Waals surface area contributed by atoms with Crippen molar-refractivity contribution in [2.75, 3.05) is 0 Å². The molecule has 0 saturated heterocycles. The second-order valence-electron chi connectivity index (χ2n) is 8.55. The normalized spacial score (nSPS) is 11.4. The zero-order chi connectivity index (χ0) is 23.2. The standard InChI is InChI=1S/C30H22FN2O/c1-19-17-24(31)28-23-14-15-25(22-12-8-11-21(18-22)20-9-4-3-5-10-20)32-30(23)34-29(28)27(19)26-13-6-7-16-33(26)2/h3-18H,1-2H3/q+1. The van der Waals surface area contributed by atoms with Crippen molar-refractivity contribution in [3.05, 3.63) is 109 Å². The number of aryl methyl sites for hydroxylation is 2. The van der Waals surface area contributed by atoms with Crippen LogP contribution in [0, 0.1) is 12.7 Å². The third-order valence-corrected chi connectivity index (χ3v) is 6.34. The van der Waals surface area contributed by atoms with Gasteiger partial charge >= 0.3 is 0 Å². The largest absolute Gasteiger partial charge is 0.437 e. The van der Waals surface area contributed by atoms with Gasteiger partial charge in [0.1, 0.15) is 12.9 Å². The highest BCUT2D eigenvalue weighted by atomic mass is 19.1. The Morgan fingerprint density at radius 2 is 1.56 bits per heavy atom. The van der Waals surface area contributed by atoms with E-state index in [1.54, 1.807) is 6.07 Å². The molecule has 0 aliphatic heterocycles. The number of nitrogens with zero attached hydrogens (tertiary/aromatic N) is 2. The summed E-state index contributed by atoms with van der Waals surface area (Å²) in [6, 6.07) is 29.9. The van der Waals surface area contributed by atoms with E-state index in [0.717, 1.165) is 39.2 Å². The SMILES string of the molecule is Cc1cc(F)c2c(oc3nc(-c4cccc(-c5ccccc5)c4)ccc32)c1-c1cccc[n+]1C. The van der Waals surface area contributed by atoms with Gasteiger partial charge < -0.3 is 4.42 Å². The number of fused-ring (bicyclic) bond motifs is 3. The monoisotopic (exact) mass is 445 g/mol. The van der Waals surface area contributed by atoms with E-state index < -0.39 is 0 Å². The molecule has 3 nitrogen and oxygen atoms in total. The first-order valence-corrected chi connectivity index (χ1v) is 11.2. The highest BCUT2D eigenvalue weighted by molar-refractivity contribution is 6.09. The Hall–Kier alpha value is -4.31. The number of pyridine rings is 2. The van der Waals surface area contributed by atoms with Gasteiger partial charge in [0, 0.05) is 17.7 Å². The summed E-state index contributed by atoms with van der Waals surface area (Å²) in [5.74, 6) is -0.297. The molecule has 0 atom stereocenters. The van der Waals surface area contributed by atoms with Crippen LogP contribution in [0.25, 0.3) is 55.7 Å². The van der Waals surface area contributed by atoms with Gasteiger partial charge in [0.05, 0.1) is 22.0 Å². The molecule has 4 heteroatoms. The van der Waals surface area contributed by atoms with Gasteiger partial charge in [-0.3, -0.25) is 0 Å². The first kappa shape index (κ1) is 20.3. The molecule has 164 valence electrons. The lowest BCUT2D eigenvalue weighted by atomic mass is 9.99. The van der Waals surface area contributed by atoms with E-state index in [1.807, 2.05) is 85.4 Å². The molecule has 3 aromatic heterocycles. The van der Waals surface area contributed by atoms with Gasteiger partial charge in [0.25, 0.3) is 0 Å². The minimum absolute atomic E-state index is 0.297. The van der Waals surface area contributed by atoms with Crippen LogP contribution in [0.4, 0.5) is 4.39 Å². The number of aromatic nitrogens is 2. The van der Waals surface area contributed by atoms with Crippen LogP contribution in [-0.4, -0.2) is 4.98 Å². The fraction of sp³-hybridized carbons (Fsp3) is 0.0667. The minimum Gasteiger partial charge on any atom is -0.437 e. The second-order valence-corrected chi connectivity index (χ2v) is 8.55. The van der Waals surface area contributed by atoms with Crippen molar-refractivity contribution >= 4 is 22.1 Å². The summed E-state index contributed by atoms with van der Waals surface area (Å²) in [4.78, 5) is 4.81. The molecule has 0 N–H and O–H groups in total. The summed E-state index contributed by atoms with van der Waals surface area (Å²) in [7, 11) is 1.97. The number of halogens is 1. The van der Waals surface area contributed by atoms with Crippen LogP contribution in [0.5, 0.6) is 0 Å². The van der Waals surface area contributed by atoms with Gasteiger partial charge in [-0.25, -0.2) is 13.9 Å². The molecule has 3 heterocycles. The van der Waals surface area contributed by atoms with Gasteiger partial charge in [-0.2, -0.15) is 0 Å². The molecule has 6 rings (SSSR count). The lowest BCUT2D eigenvalue weighted by Crippen LogP contribution is -2.30. The Bertz CT molecular complexity index is 1690. The molecule has 0 unspecified atom stereocenters. The van der Waals surface area contributed by atoms with Crippen LogP contribution < -0.4 is 4.57 Å². The molecular formula is C30H22FN2O+. The average molecular weight is 446 g/mol. The van der Waals surface area contributed by atoms with Gasteiger partial charge in [-0.15, -0.1) is 0 Å². The molecule has 6 aromatic rings. The third kappa shape index (κ3) is 3.27. The van der Waals surface area contributed by atoms with Crippen LogP contribution in [0.3, 0.4) is 0 Å². The van der Waals surface area contributed by atoms with Crippen LogP contribution >= 0.6 is 0 Å². The van der Waals surface area contributed by atoms with Crippen molar-refractivity contribution in [1.82, 2.24) is 4.98 Å². The average Bonchev–Trinajstić information content (AvgIpc) is 3.24. The van der Waals surface area contributed by atoms with E-state index in [0.29, 0.717) is 22.1 Å². The Morgan fingerprint density at radius 1 is 0.794 bits per heavy atom. The number of rotatable bonds is 3. The van der Waals surface area contributed by atoms with Crippen molar-refractivity contribution in [3.63, 3.8) is 0 Å². The van der Waals surface area contributed by atoms with E-state index in [4.69, 9.17) is 9.40 Å². The molecular weight excluding hydrogens is 423 g/mol. The maximum Gasteiger partial charge on any atom is 0.228 e. The van der Waals surface area contributed by atoms with Crippen LogP contribution in [-0.2, 0) is 7.05 Å². The first-order chi connectivity index (χ1) is 16.6. The first-order valence-electron chi connectivity index (χ1n) is 11.2. The van der Waals surface area contributed by atoms with Crippen LogP contribution in [0.1, 0.15) is 5.56 Å². The number of benzene rings is 3. The lowest BCUT2D eigenvalue weighted by Gasteiger charge is -2.06. The molecule has 34 heavy (non-hydrogen) atoms. The second kappa shape index (κ2) is 7.92. The lowest BCUT2D eigenvalue weighted by molar-refractivity contribution is -0.660. The topological polar surface area (TPSA) is 29.9 Å². The van der Waals surface area contributed by atoms with E-state index in [2.05, 4.69) is 24.3 Å². The quantitative estimate of drug-likeness (QED) is 0.269. The Balaban J connectivity index is 1.55. The van der Waals surface area contributed by atoms with Crippen molar-refractivity contribution in [3.8, 4) is 33.6 Å². The van der Waals surface area contributed by atoms with Gasteiger partial charge in [0.2, 0.25) is 11.4 Å². The van der Waals surface area contributed by atoms with E-state index in [-0.39, 0.29) is 5.82 Å². The van der Waals surface area contributed by atoms with Gasteiger partial charge in [0.15, 0.2) is 11.8 Å². The summed E-state index contributed by atoms with van der Waals surface area (Å²) in [5, 5.41) is 1.15. The molecule has 0 fully saturated rings. The molecule has 0 amide bonds. The molecule has 0 saturated carbocycles. The fourth-order valence-corrected chi connectivity index (χ4v) is 4.66. The predicted octanol–water partition coefficient (Wildman–Crippen LogP) is 7.25. The van der Waals surface area contributed by atoms with Gasteiger partial charge in [-0.05, 0) is 53.9 Å².